The van der Waals surface area contributed by atoms with Gasteiger partial charge in [-0.3, -0.25) is 13.9 Å². The van der Waals surface area contributed by atoms with Gasteiger partial charge >= 0.3 is 0 Å². The molecule has 0 spiro atoms. The third-order valence-electron chi connectivity index (χ3n) is 7.06. The molecule has 2 amide bonds. The van der Waals surface area contributed by atoms with E-state index in [4.69, 9.17) is 4.74 Å². The molecule has 8 nitrogen and oxygen atoms in total. The summed E-state index contributed by atoms with van der Waals surface area (Å²) in [6.45, 7) is 3.77. The second-order valence-electron chi connectivity index (χ2n) is 10.3. The van der Waals surface area contributed by atoms with Crippen LogP contribution in [0.4, 0.5) is 10.1 Å². The van der Waals surface area contributed by atoms with E-state index in [1.165, 1.54) is 22.4 Å². The third kappa shape index (κ3) is 9.30. The van der Waals surface area contributed by atoms with E-state index in [1.54, 1.807) is 42.5 Å². The van der Waals surface area contributed by atoms with Crippen LogP contribution < -0.4 is 14.4 Å². The van der Waals surface area contributed by atoms with Crippen LogP contribution >= 0.6 is 0 Å². The predicted molar refractivity (Wildman–Crippen MR) is 163 cm³/mol. The maximum absolute atomic E-state index is 14.8. The summed E-state index contributed by atoms with van der Waals surface area (Å²) in [7, 11) is -2.17. The number of anilines is 1. The van der Waals surface area contributed by atoms with Crippen LogP contribution in [0.3, 0.4) is 0 Å². The fraction of sp³-hybridized carbons (Fsp3) is 0.375. The molecule has 0 heterocycles. The molecule has 0 aliphatic carbocycles. The maximum Gasteiger partial charge on any atom is 0.243 e. The highest BCUT2D eigenvalue weighted by molar-refractivity contribution is 7.92. The zero-order chi connectivity index (χ0) is 30.7. The summed E-state index contributed by atoms with van der Waals surface area (Å²) in [5, 5.41) is 2.99. The van der Waals surface area contributed by atoms with E-state index in [-0.39, 0.29) is 55.8 Å². The Morgan fingerprint density at radius 1 is 1.00 bits per heavy atom. The lowest BCUT2D eigenvalue weighted by atomic mass is 10.0. The van der Waals surface area contributed by atoms with Crippen LogP contribution in [-0.2, 0) is 32.6 Å². The molecule has 3 rings (SSSR count). The molecule has 2 atom stereocenters. The molecule has 1 N–H and O–H groups in total. The molecular weight excluding hydrogens is 557 g/mol. The predicted octanol–water partition coefficient (Wildman–Crippen LogP) is 4.94. The fourth-order valence-corrected chi connectivity index (χ4v) is 5.53. The molecule has 0 fully saturated rings. The van der Waals surface area contributed by atoms with Crippen molar-refractivity contribution >= 4 is 27.5 Å². The minimum atomic E-state index is -3.66. The maximum atomic E-state index is 14.8. The van der Waals surface area contributed by atoms with E-state index in [1.807, 2.05) is 44.2 Å². The number of amides is 2. The highest BCUT2D eigenvalue weighted by Gasteiger charge is 2.31. The average Bonchev–Trinajstić information content (AvgIpc) is 2.97. The van der Waals surface area contributed by atoms with Gasteiger partial charge in [-0.1, -0.05) is 61.5 Å². The van der Waals surface area contributed by atoms with Crippen molar-refractivity contribution in [2.75, 3.05) is 24.2 Å². The number of nitrogens with zero attached hydrogens (tertiary/aromatic N) is 2. The Bertz CT molecular complexity index is 1430. The zero-order valence-corrected chi connectivity index (χ0v) is 25.4. The van der Waals surface area contributed by atoms with Gasteiger partial charge in [-0.05, 0) is 43.5 Å². The average molecular weight is 598 g/mol. The summed E-state index contributed by atoms with van der Waals surface area (Å²) in [6, 6.07) is 21.2. The minimum Gasteiger partial charge on any atom is -0.497 e. The second kappa shape index (κ2) is 15.3. The van der Waals surface area contributed by atoms with Crippen molar-refractivity contribution in [3.05, 3.63) is 95.8 Å². The largest absolute Gasteiger partial charge is 0.497 e. The summed E-state index contributed by atoms with van der Waals surface area (Å²) in [5.41, 5.74) is 1.56. The normalized spacial score (nSPS) is 12.7. The molecule has 3 aromatic carbocycles. The van der Waals surface area contributed by atoms with E-state index in [9.17, 15) is 22.4 Å². The lowest BCUT2D eigenvalue weighted by molar-refractivity contribution is -0.141. The molecule has 10 heteroatoms. The van der Waals surface area contributed by atoms with Crippen LogP contribution in [0, 0.1) is 5.82 Å². The quantitative estimate of drug-likeness (QED) is 0.268. The Balaban J connectivity index is 1.90. The van der Waals surface area contributed by atoms with E-state index in [0.717, 1.165) is 11.8 Å². The van der Waals surface area contributed by atoms with E-state index >= 15 is 0 Å². The van der Waals surface area contributed by atoms with Crippen LogP contribution in [0.1, 0.15) is 44.2 Å². The second-order valence-corrected chi connectivity index (χ2v) is 12.2. The molecule has 0 aliphatic heterocycles. The van der Waals surface area contributed by atoms with Crippen LogP contribution in [0.2, 0.25) is 0 Å². The first-order valence-electron chi connectivity index (χ1n) is 14.0. The van der Waals surface area contributed by atoms with Crippen molar-refractivity contribution in [1.29, 1.82) is 0 Å². The Morgan fingerprint density at radius 3 is 2.33 bits per heavy atom. The Hall–Kier alpha value is -3.92. The lowest BCUT2D eigenvalue weighted by Gasteiger charge is -2.33. The van der Waals surface area contributed by atoms with Gasteiger partial charge in [-0.2, -0.15) is 0 Å². The molecule has 0 radical (unpaired) electrons. The molecular formula is C32H40FN3O5S. The number of benzene rings is 3. The molecule has 3 aromatic rings. The number of carbonyl (C=O) groups excluding carboxylic acids is 2. The third-order valence-corrected chi connectivity index (χ3v) is 8.26. The number of hydrogen-bond donors (Lipinski definition) is 1. The topological polar surface area (TPSA) is 96.0 Å². The number of sulfonamides is 1. The fourth-order valence-electron chi connectivity index (χ4n) is 4.57. The van der Waals surface area contributed by atoms with Crippen LogP contribution in [-0.4, -0.2) is 57.1 Å². The SMILES string of the molecule is CC[C@H](C)NC(=O)[C@@H](Cc1ccccc1)N(Cc1ccccc1F)C(=O)CCCN(c1cccc(OC)c1)S(C)(=O)=O. The van der Waals surface area contributed by atoms with E-state index in [2.05, 4.69) is 5.32 Å². The van der Waals surface area contributed by atoms with Crippen molar-refractivity contribution in [3.63, 3.8) is 0 Å². The van der Waals surface area contributed by atoms with Gasteiger partial charge < -0.3 is 15.0 Å². The number of hydrogen-bond acceptors (Lipinski definition) is 5. The van der Waals surface area contributed by atoms with Gasteiger partial charge in [0, 0.05) is 43.6 Å². The van der Waals surface area contributed by atoms with Gasteiger partial charge in [-0.15, -0.1) is 0 Å². The van der Waals surface area contributed by atoms with Crippen LogP contribution in [0.25, 0.3) is 0 Å². The number of halogens is 1. The van der Waals surface area contributed by atoms with Gasteiger partial charge in [0.15, 0.2) is 0 Å². The smallest absolute Gasteiger partial charge is 0.243 e. The summed E-state index contributed by atoms with van der Waals surface area (Å²) < 4.78 is 46.5. The molecule has 0 unspecified atom stereocenters. The standard InChI is InChI=1S/C32H40FN3O5S/c1-5-24(2)34-32(38)30(21-25-13-7-6-8-14-25)35(23-26-15-9-10-18-29(26)33)31(37)19-12-20-36(42(4,39)40)27-16-11-17-28(22-27)41-3/h6-11,13-18,22,24,30H,5,12,19-21,23H2,1-4H3,(H,34,38)/t24-,30+/m0/s1. The minimum absolute atomic E-state index is 0.0354. The summed E-state index contributed by atoms with van der Waals surface area (Å²) in [4.78, 5) is 28.9. The summed E-state index contributed by atoms with van der Waals surface area (Å²) in [5.74, 6) is -0.675. The first-order chi connectivity index (χ1) is 20.0. The molecule has 226 valence electrons. The molecule has 0 aromatic heterocycles. The number of rotatable bonds is 15. The van der Waals surface area contributed by atoms with Crippen molar-refractivity contribution < 1.29 is 27.1 Å². The van der Waals surface area contributed by atoms with Crippen LogP contribution in [0.15, 0.2) is 78.9 Å². The zero-order valence-electron chi connectivity index (χ0n) is 24.6. The lowest BCUT2D eigenvalue weighted by Crippen LogP contribution is -2.52. The summed E-state index contributed by atoms with van der Waals surface area (Å²) in [6.07, 6.45) is 2.18. The Morgan fingerprint density at radius 2 is 1.69 bits per heavy atom. The van der Waals surface area contributed by atoms with Crippen molar-refractivity contribution in [2.24, 2.45) is 0 Å². The summed E-state index contributed by atoms with van der Waals surface area (Å²) >= 11 is 0. The number of ether oxygens (including phenoxy) is 1. The van der Waals surface area contributed by atoms with Gasteiger partial charge in [-0.25, -0.2) is 12.8 Å². The Labute approximate surface area is 248 Å². The van der Waals surface area contributed by atoms with Gasteiger partial charge in [0.2, 0.25) is 21.8 Å². The number of carbonyl (C=O) groups is 2. The first-order valence-corrected chi connectivity index (χ1v) is 15.9. The molecule has 0 bridgehead atoms. The number of methoxy groups -OCH3 is 1. The van der Waals surface area contributed by atoms with E-state index < -0.39 is 21.9 Å². The monoisotopic (exact) mass is 597 g/mol. The molecule has 42 heavy (non-hydrogen) atoms. The first kappa shape index (κ1) is 32.6. The molecule has 0 saturated carbocycles. The highest BCUT2D eigenvalue weighted by Crippen LogP contribution is 2.24. The molecule has 0 saturated heterocycles. The van der Waals surface area contributed by atoms with Gasteiger partial charge in [0.05, 0.1) is 19.1 Å². The van der Waals surface area contributed by atoms with Crippen LogP contribution in [0.5, 0.6) is 5.75 Å². The molecule has 0 aliphatic rings. The van der Waals surface area contributed by atoms with E-state index in [0.29, 0.717) is 17.9 Å². The van der Waals surface area contributed by atoms with Crippen molar-refractivity contribution in [1.82, 2.24) is 10.2 Å². The Kier molecular flexibility index (Phi) is 11.9. The van der Waals surface area contributed by atoms with Gasteiger partial charge in [0.25, 0.3) is 0 Å². The van der Waals surface area contributed by atoms with Crippen molar-refractivity contribution in [3.8, 4) is 5.75 Å². The highest BCUT2D eigenvalue weighted by atomic mass is 32.2. The van der Waals surface area contributed by atoms with Gasteiger partial charge in [0.1, 0.15) is 17.6 Å². The number of nitrogens with one attached hydrogen (secondary N) is 1. The van der Waals surface area contributed by atoms with Crippen molar-refractivity contribution in [2.45, 2.75) is 58.2 Å².